The summed E-state index contributed by atoms with van der Waals surface area (Å²) in [6.07, 6.45) is -0.344. The van der Waals surface area contributed by atoms with Crippen LogP contribution in [0.15, 0.2) is 0 Å². The fraction of sp³-hybridized carbons (Fsp3) is 0.850. The largest absolute Gasteiger partial charge is 0.466 e. The summed E-state index contributed by atoms with van der Waals surface area (Å²) < 4.78 is 11.5. The molecule has 1 aliphatic heterocycles. The molecular formula is C20H39NO5Si2. The first-order valence-electron chi connectivity index (χ1n) is 10.2. The van der Waals surface area contributed by atoms with Gasteiger partial charge in [-0.15, -0.1) is 0 Å². The van der Waals surface area contributed by atoms with Crippen molar-refractivity contribution in [3.05, 3.63) is 0 Å². The summed E-state index contributed by atoms with van der Waals surface area (Å²) in [5.41, 5.74) is 0. The van der Waals surface area contributed by atoms with Gasteiger partial charge < -0.3 is 14.5 Å². The van der Waals surface area contributed by atoms with Crippen LogP contribution < -0.4 is 5.32 Å². The second-order valence-corrected chi connectivity index (χ2v) is 21.1. The van der Waals surface area contributed by atoms with E-state index in [2.05, 4.69) is 58.8 Å². The lowest BCUT2D eigenvalue weighted by Gasteiger charge is -2.45. The summed E-state index contributed by atoms with van der Waals surface area (Å²) in [5.74, 6) is -1.11. The molecule has 0 aliphatic carbocycles. The summed E-state index contributed by atoms with van der Waals surface area (Å²) >= 11 is 0. The van der Waals surface area contributed by atoms with Crippen LogP contribution in [-0.2, 0) is 23.5 Å². The van der Waals surface area contributed by atoms with Crippen molar-refractivity contribution in [1.82, 2.24) is 5.32 Å². The van der Waals surface area contributed by atoms with E-state index < -0.39 is 22.4 Å². The highest BCUT2D eigenvalue weighted by atomic mass is 28.4. The molecule has 6 nitrogen and oxygen atoms in total. The highest BCUT2D eigenvalue weighted by Gasteiger charge is 2.47. The van der Waals surface area contributed by atoms with E-state index in [-0.39, 0.29) is 47.6 Å². The van der Waals surface area contributed by atoms with E-state index in [1.807, 2.05) is 6.92 Å². The van der Waals surface area contributed by atoms with Gasteiger partial charge in [0.05, 0.1) is 18.6 Å². The lowest BCUT2D eigenvalue weighted by Crippen LogP contribution is -2.64. The molecular weight excluding hydrogens is 390 g/mol. The van der Waals surface area contributed by atoms with Crippen molar-refractivity contribution in [3.8, 4) is 0 Å². The lowest BCUT2D eigenvalue weighted by atomic mass is 9.83. The van der Waals surface area contributed by atoms with Gasteiger partial charge in [0.25, 0.3) is 0 Å². The Hall–Kier alpha value is -0.996. The van der Waals surface area contributed by atoms with Gasteiger partial charge in [0.15, 0.2) is 8.32 Å². The molecule has 0 aromatic heterocycles. The van der Waals surface area contributed by atoms with Crippen molar-refractivity contribution in [1.29, 1.82) is 0 Å². The van der Waals surface area contributed by atoms with Gasteiger partial charge in [-0.3, -0.25) is 14.4 Å². The monoisotopic (exact) mass is 429 g/mol. The summed E-state index contributed by atoms with van der Waals surface area (Å²) in [4.78, 5) is 36.2. The molecule has 0 aromatic carbocycles. The number of rotatable bonds is 10. The van der Waals surface area contributed by atoms with Crippen LogP contribution in [0.5, 0.6) is 0 Å². The van der Waals surface area contributed by atoms with E-state index in [0.29, 0.717) is 6.61 Å². The quantitative estimate of drug-likeness (QED) is 0.248. The summed E-state index contributed by atoms with van der Waals surface area (Å²) in [5, 5.41) is 2.84. The van der Waals surface area contributed by atoms with Crippen LogP contribution in [0.3, 0.4) is 0 Å². The Balaban J connectivity index is 2.52. The first-order chi connectivity index (χ1) is 12.5. The number of ketones is 1. The molecule has 0 spiro atoms. The zero-order valence-electron chi connectivity index (χ0n) is 19.1. The standard InChI is InChI=1S/C20H39NO5Si2/c1-14(26-28(8,9)20(2,3)4)18-16(21-19(18)24)12-15(22)13-17(23)25-10-11-27(5,6)7/h14,16,18H,10-13H2,1-9H3,(H,21,24)/t14-,16+,18+/m1/s1. The molecule has 3 atom stereocenters. The highest BCUT2D eigenvalue weighted by molar-refractivity contribution is 6.76. The number of hydrogen-bond acceptors (Lipinski definition) is 5. The van der Waals surface area contributed by atoms with Gasteiger partial charge >= 0.3 is 5.97 Å². The second-order valence-electron chi connectivity index (χ2n) is 10.7. The third-order valence-corrected chi connectivity index (χ3v) is 12.0. The second kappa shape index (κ2) is 9.21. The first kappa shape index (κ1) is 25.0. The lowest BCUT2D eigenvalue weighted by molar-refractivity contribution is -0.146. The zero-order valence-corrected chi connectivity index (χ0v) is 21.1. The molecule has 8 heteroatoms. The highest BCUT2D eigenvalue weighted by Crippen LogP contribution is 2.39. The predicted octanol–water partition coefficient (Wildman–Crippen LogP) is 3.74. The molecule has 0 aromatic rings. The van der Waals surface area contributed by atoms with Crippen LogP contribution >= 0.6 is 0 Å². The fourth-order valence-corrected chi connectivity index (χ4v) is 5.03. The normalized spacial score (nSPS) is 21.5. The third kappa shape index (κ3) is 7.44. The summed E-state index contributed by atoms with van der Waals surface area (Å²) in [6, 6.07) is 0.616. The molecule has 162 valence electrons. The van der Waals surface area contributed by atoms with E-state index in [1.165, 1.54) is 0 Å². The van der Waals surface area contributed by atoms with E-state index in [4.69, 9.17) is 9.16 Å². The van der Waals surface area contributed by atoms with E-state index in [1.54, 1.807) is 0 Å². The van der Waals surface area contributed by atoms with Crippen molar-refractivity contribution in [2.75, 3.05) is 6.61 Å². The van der Waals surface area contributed by atoms with Gasteiger partial charge in [-0.1, -0.05) is 40.4 Å². The Labute approximate surface area is 172 Å². The molecule has 0 saturated carbocycles. The van der Waals surface area contributed by atoms with Crippen LogP contribution in [0.4, 0.5) is 0 Å². The number of ether oxygens (including phenoxy) is 1. The molecule has 1 rings (SSSR count). The molecule has 1 fully saturated rings. The zero-order chi connectivity index (χ0) is 21.9. The van der Waals surface area contributed by atoms with Gasteiger partial charge in [0.2, 0.25) is 5.91 Å². The minimum Gasteiger partial charge on any atom is -0.466 e. The van der Waals surface area contributed by atoms with Gasteiger partial charge in [0.1, 0.15) is 12.2 Å². The number of Topliss-reactive ketones (excluding diaryl/α,β-unsaturated/α-hetero) is 1. The van der Waals surface area contributed by atoms with Gasteiger partial charge in [-0.05, 0) is 31.1 Å². The Morgan fingerprint density at radius 2 is 1.71 bits per heavy atom. The first-order valence-corrected chi connectivity index (χ1v) is 16.8. The number of nitrogens with one attached hydrogen (secondary N) is 1. The predicted molar refractivity (Wildman–Crippen MR) is 117 cm³/mol. The Morgan fingerprint density at radius 1 is 1.14 bits per heavy atom. The van der Waals surface area contributed by atoms with Crippen molar-refractivity contribution in [2.45, 2.75) is 96.5 Å². The molecule has 0 radical (unpaired) electrons. The molecule has 1 heterocycles. The number of carbonyl (C=O) groups is 3. The minimum atomic E-state index is -2.00. The molecule has 1 aliphatic rings. The average Bonchev–Trinajstić information content (AvgIpc) is 2.42. The molecule has 0 bridgehead atoms. The maximum Gasteiger partial charge on any atom is 0.313 e. The third-order valence-electron chi connectivity index (χ3n) is 5.76. The Morgan fingerprint density at radius 3 is 2.18 bits per heavy atom. The van der Waals surface area contributed by atoms with Gasteiger partial charge in [-0.25, -0.2) is 0 Å². The Kier molecular flexibility index (Phi) is 8.24. The van der Waals surface area contributed by atoms with E-state index >= 15 is 0 Å². The maximum absolute atomic E-state index is 12.3. The van der Waals surface area contributed by atoms with Crippen molar-refractivity contribution >= 4 is 34.1 Å². The number of carbonyl (C=O) groups excluding carboxylic acids is 3. The van der Waals surface area contributed by atoms with Crippen molar-refractivity contribution < 1.29 is 23.5 Å². The number of β-lactam (4-membered cyclic amide) rings is 1. The molecule has 28 heavy (non-hydrogen) atoms. The molecule has 1 saturated heterocycles. The molecule has 0 unspecified atom stereocenters. The smallest absolute Gasteiger partial charge is 0.313 e. The van der Waals surface area contributed by atoms with Gasteiger partial charge in [0, 0.05) is 20.5 Å². The SMILES string of the molecule is C[C@@H](O[Si](C)(C)C(C)(C)C)[C@@H]1C(=O)N[C@H]1CC(=O)CC(=O)OCC[Si](C)(C)C. The van der Waals surface area contributed by atoms with Crippen LogP contribution in [-0.4, -0.2) is 52.8 Å². The molecule has 1 N–H and O–H groups in total. The number of esters is 1. The van der Waals surface area contributed by atoms with Crippen LogP contribution in [0, 0.1) is 5.92 Å². The van der Waals surface area contributed by atoms with Gasteiger partial charge in [-0.2, -0.15) is 0 Å². The molecule has 1 amide bonds. The van der Waals surface area contributed by atoms with Crippen LogP contribution in [0.25, 0.3) is 0 Å². The van der Waals surface area contributed by atoms with E-state index in [9.17, 15) is 14.4 Å². The minimum absolute atomic E-state index is 0.0481. The van der Waals surface area contributed by atoms with Crippen LogP contribution in [0.1, 0.15) is 40.5 Å². The van der Waals surface area contributed by atoms with Crippen LogP contribution in [0.2, 0.25) is 43.8 Å². The van der Waals surface area contributed by atoms with E-state index in [0.717, 1.165) is 6.04 Å². The number of amides is 1. The van der Waals surface area contributed by atoms with Crippen molar-refractivity contribution in [2.24, 2.45) is 5.92 Å². The average molecular weight is 430 g/mol. The topological polar surface area (TPSA) is 81.7 Å². The maximum atomic E-state index is 12.3. The fourth-order valence-electron chi connectivity index (χ4n) is 2.89. The number of hydrogen-bond donors (Lipinski definition) is 1. The summed E-state index contributed by atoms with van der Waals surface area (Å²) in [7, 11) is -3.27. The Bertz CT molecular complexity index is 592. The summed E-state index contributed by atoms with van der Waals surface area (Å²) in [6.45, 7) is 19.7. The van der Waals surface area contributed by atoms with Crippen molar-refractivity contribution in [3.63, 3.8) is 0 Å².